The summed E-state index contributed by atoms with van der Waals surface area (Å²) in [6.45, 7) is 5.72. The topological polar surface area (TPSA) is 0 Å². The Labute approximate surface area is 99.9 Å². The molecule has 0 saturated carbocycles. The van der Waals surface area contributed by atoms with Gasteiger partial charge >= 0.3 is 51.4 Å². The molecule has 2 heteroatoms. The van der Waals surface area contributed by atoms with Crippen LogP contribution in [0.15, 0.2) is 0 Å². The van der Waals surface area contributed by atoms with Gasteiger partial charge in [-0.15, -0.1) is 24.0 Å². The molecule has 34 valence electrons. The Hall–Kier alpha value is 2.37. The molecule has 0 rings (SSSR count). The van der Waals surface area contributed by atoms with Crippen molar-refractivity contribution in [2.45, 2.75) is 19.8 Å². The number of halogens is 1. The van der Waals surface area contributed by atoms with Crippen LogP contribution in [0.2, 0.25) is 0 Å². The average Bonchev–Trinajstić information content (AvgIpc) is 1.37. The summed E-state index contributed by atoms with van der Waals surface area (Å²) in [5, 5.41) is 0. The van der Waals surface area contributed by atoms with E-state index in [0.717, 1.165) is 6.42 Å². The van der Waals surface area contributed by atoms with Gasteiger partial charge < -0.3 is 6.92 Å². The molecule has 0 saturated heterocycles. The zero-order chi connectivity index (χ0) is 3.41. The molecule has 0 spiro atoms. The van der Waals surface area contributed by atoms with E-state index < -0.39 is 0 Å². The van der Waals surface area contributed by atoms with Crippen molar-refractivity contribution in [2.75, 3.05) is 0 Å². The predicted octanol–water partition coefficient (Wildman–Crippen LogP) is -0.757. The number of unbranched alkanes of at least 4 members (excludes halogenated alkanes) is 1. The summed E-state index contributed by atoms with van der Waals surface area (Å²) in [5.74, 6) is 0. The Balaban J connectivity index is -0.0000000450. The first-order valence-corrected chi connectivity index (χ1v) is 1.71. The van der Waals surface area contributed by atoms with Gasteiger partial charge in [0.05, 0.1) is 0 Å². The van der Waals surface area contributed by atoms with Crippen LogP contribution in [0.25, 0.3) is 0 Å². The van der Waals surface area contributed by atoms with Crippen molar-refractivity contribution in [1.29, 1.82) is 0 Å². The normalized spacial score (nSPS) is 5.00. The van der Waals surface area contributed by atoms with E-state index in [1.165, 1.54) is 6.42 Å². The fourth-order valence-corrected chi connectivity index (χ4v) is 0. The van der Waals surface area contributed by atoms with Crippen LogP contribution in [0.5, 0.6) is 0 Å². The van der Waals surface area contributed by atoms with E-state index in [1.807, 2.05) is 0 Å². The van der Waals surface area contributed by atoms with Crippen LogP contribution in [-0.4, -0.2) is 0 Å². The average molecular weight is 224 g/mol. The van der Waals surface area contributed by atoms with E-state index in [1.54, 1.807) is 0 Å². The summed E-state index contributed by atoms with van der Waals surface area (Å²) in [6, 6.07) is 0. The molecule has 0 aliphatic rings. The maximum absolute atomic E-state index is 3.60. The molecule has 0 heterocycles. The SMILES string of the molecule is I.[CH2-]CCC.[K+]. The van der Waals surface area contributed by atoms with Crippen LogP contribution in [0.3, 0.4) is 0 Å². The molecule has 0 aliphatic carbocycles. The zero-order valence-electron chi connectivity index (χ0n) is 4.53. The first kappa shape index (κ1) is 15.8. The van der Waals surface area contributed by atoms with Crippen molar-refractivity contribution >= 4 is 24.0 Å². The summed E-state index contributed by atoms with van der Waals surface area (Å²) in [6.07, 6.45) is 2.28. The Morgan fingerprint density at radius 1 is 1.50 bits per heavy atom. The second kappa shape index (κ2) is 15.7. The summed E-state index contributed by atoms with van der Waals surface area (Å²) >= 11 is 0. The third-order valence-electron chi connectivity index (χ3n) is 0.354. The fourth-order valence-electron chi connectivity index (χ4n) is 0. The minimum absolute atomic E-state index is 0. The number of hydrogen-bond donors (Lipinski definition) is 0. The summed E-state index contributed by atoms with van der Waals surface area (Å²) in [7, 11) is 0. The molecule has 0 atom stereocenters. The van der Waals surface area contributed by atoms with Gasteiger partial charge in [0, 0.05) is 0 Å². The Morgan fingerprint density at radius 3 is 1.67 bits per heavy atom. The van der Waals surface area contributed by atoms with Crippen LogP contribution in [0.4, 0.5) is 0 Å². The molecule has 0 N–H and O–H groups in total. The molecule has 0 aliphatic heterocycles. The number of hydrogen-bond acceptors (Lipinski definition) is 0. The summed E-state index contributed by atoms with van der Waals surface area (Å²) < 4.78 is 0. The van der Waals surface area contributed by atoms with Gasteiger partial charge in [-0.2, -0.15) is 6.42 Å². The smallest absolute Gasteiger partial charge is 0.343 e. The van der Waals surface area contributed by atoms with Gasteiger partial charge in [-0.1, -0.05) is 13.3 Å². The monoisotopic (exact) mass is 224 g/mol. The third-order valence-corrected chi connectivity index (χ3v) is 0.354. The van der Waals surface area contributed by atoms with Gasteiger partial charge in [0.15, 0.2) is 0 Å². The summed E-state index contributed by atoms with van der Waals surface area (Å²) in [5.41, 5.74) is 0. The van der Waals surface area contributed by atoms with Gasteiger partial charge in [-0.05, 0) is 0 Å². The molecule has 0 bridgehead atoms. The number of rotatable bonds is 1. The standard InChI is InChI=1S/C4H9.HI.K/c1-3-4-2;;/h1,3-4H2,2H3;1H;/q-1;;+1. The molecule has 0 aromatic carbocycles. The van der Waals surface area contributed by atoms with Crippen molar-refractivity contribution in [3.63, 3.8) is 0 Å². The van der Waals surface area contributed by atoms with E-state index in [-0.39, 0.29) is 75.4 Å². The van der Waals surface area contributed by atoms with E-state index >= 15 is 0 Å². The predicted molar refractivity (Wildman–Crippen MR) is 35.7 cm³/mol. The van der Waals surface area contributed by atoms with E-state index in [9.17, 15) is 0 Å². The van der Waals surface area contributed by atoms with Gasteiger partial charge in [0.2, 0.25) is 0 Å². The second-order valence-corrected chi connectivity index (χ2v) is 0.854. The Kier molecular flexibility index (Phi) is 41.1. The van der Waals surface area contributed by atoms with Crippen LogP contribution in [-0.2, 0) is 0 Å². The van der Waals surface area contributed by atoms with Crippen LogP contribution >= 0.6 is 24.0 Å². The molecule has 0 nitrogen and oxygen atoms in total. The molecular formula is C4H10IK. The molecule has 0 amide bonds. The van der Waals surface area contributed by atoms with E-state index in [2.05, 4.69) is 13.8 Å². The quantitative estimate of drug-likeness (QED) is 0.312. The molecule has 0 aromatic rings. The van der Waals surface area contributed by atoms with Gasteiger partial charge in [-0.3, -0.25) is 0 Å². The molecular weight excluding hydrogens is 214 g/mol. The zero-order valence-corrected chi connectivity index (χ0v) is 9.98. The van der Waals surface area contributed by atoms with Crippen LogP contribution < -0.4 is 51.4 Å². The minimum atomic E-state index is 0. The van der Waals surface area contributed by atoms with Crippen LogP contribution in [0, 0.1) is 6.92 Å². The maximum Gasteiger partial charge on any atom is 1.00 e. The van der Waals surface area contributed by atoms with Crippen molar-refractivity contribution < 1.29 is 51.4 Å². The second-order valence-electron chi connectivity index (χ2n) is 0.854. The first-order valence-electron chi connectivity index (χ1n) is 1.71. The maximum atomic E-state index is 3.60. The Morgan fingerprint density at radius 2 is 1.67 bits per heavy atom. The van der Waals surface area contributed by atoms with Crippen molar-refractivity contribution in [1.82, 2.24) is 0 Å². The fraction of sp³-hybridized carbons (Fsp3) is 0.750. The van der Waals surface area contributed by atoms with Gasteiger partial charge in [-0.25, -0.2) is 0 Å². The van der Waals surface area contributed by atoms with Crippen molar-refractivity contribution in [3.8, 4) is 0 Å². The molecule has 0 fully saturated rings. The molecule has 0 radical (unpaired) electrons. The van der Waals surface area contributed by atoms with Crippen molar-refractivity contribution in [2.24, 2.45) is 0 Å². The van der Waals surface area contributed by atoms with Gasteiger partial charge in [0.25, 0.3) is 0 Å². The first-order chi connectivity index (χ1) is 1.91. The largest absolute Gasteiger partial charge is 1.00 e. The third kappa shape index (κ3) is 16.2. The molecule has 6 heavy (non-hydrogen) atoms. The van der Waals surface area contributed by atoms with Crippen molar-refractivity contribution in [3.05, 3.63) is 6.92 Å². The molecule has 0 unspecified atom stereocenters. The molecule has 0 aromatic heterocycles. The van der Waals surface area contributed by atoms with E-state index in [0.29, 0.717) is 0 Å². The Bertz CT molecular complexity index is 9.51. The van der Waals surface area contributed by atoms with Gasteiger partial charge in [0.1, 0.15) is 0 Å². The summed E-state index contributed by atoms with van der Waals surface area (Å²) in [4.78, 5) is 0. The minimum Gasteiger partial charge on any atom is -0.343 e. The van der Waals surface area contributed by atoms with Crippen LogP contribution in [0.1, 0.15) is 19.8 Å². The van der Waals surface area contributed by atoms with E-state index in [4.69, 9.17) is 0 Å².